The molecule has 0 unspecified atom stereocenters. The van der Waals surface area contributed by atoms with E-state index in [1.807, 2.05) is 0 Å². The second kappa shape index (κ2) is 10.6. The molecule has 0 saturated carbocycles. The Hall–Kier alpha value is -5.66. The quantitative estimate of drug-likeness (QED) is 0.208. The molecule has 8 rings (SSSR count). The molecule has 0 bridgehead atoms. The Morgan fingerprint density at radius 1 is 0.302 bits per heavy atom. The maximum atomic E-state index is 6.68. The molecule has 1 nitrogen and oxygen atoms in total. The standard InChI is InChI=1S/C42H28O/c1-4-13-29(14-5-1)32-19-10-20-33(25-32)38-22-11-23-39-41-37(21-12-24-40(41)43-42(38)39)36-27-34(30-15-6-2-7-16-30)26-35(28-36)31-17-8-3-9-18-31/h1-28H. The molecule has 0 N–H and O–H groups in total. The third kappa shape index (κ3) is 4.62. The SMILES string of the molecule is c1ccc(-c2cccc(-c3cccc4c3oc3cccc(-c5cc(-c6ccccc6)cc(-c6ccccc6)c5)c34)c2)cc1. The van der Waals surface area contributed by atoms with E-state index in [2.05, 4.69) is 170 Å². The number of para-hydroxylation sites is 1. The molecule has 1 heteroatoms. The van der Waals surface area contributed by atoms with E-state index in [1.165, 1.54) is 44.5 Å². The molecule has 1 aromatic heterocycles. The third-order valence-electron chi connectivity index (χ3n) is 8.26. The average molecular weight is 549 g/mol. The average Bonchev–Trinajstić information content (AvgIpc) is 3.49. The number of fused-ring (bicyclic) bond motifs is 3. The second-order valence-electron chi connectivity index (χ2n) is 10.9. The van der Waals surface area contributed by atoms with E-state index in [9.17, 15) is 0 Å². The van der Waals surface area contributed by atoms with Crippen LogP contribution in [-0.4, -0.2) is 0 Å². The van der Waals surface area contributed by atoms with Gasteiger partial charge in [-0.25, -0.2) is 0 Å². The van der Waals surface area contributed by atoms with Crippen LogP contribution in [0.4, 0.5) is 0 Å². The molecule has 0 aliphatic rings. The predicted molar refractivity (Wildman–Crippen MR) is 181 cm³/mol. The van der Waals surface area contributed by atoms with Crippen LogP contribution in [-0.2, 0) is 0 Å². The van der Waals surface area contributed by atoms with Gasteiger partial charge in [0.15, 0.2) is 0 Å². The lowest BCUT2D eigenvalue weighted by atomic mass is 9.91. The molecule has 0 amide bonds. The van der Waals surface area contributed by atoms with Gasteiger partial charge in [0.2, 0.25) is 0 Å². The molecule has 0 saturated heterocycles. The first-order chi connectivity index (χ1) is 21.3. The summed E-state index contributed by atoms with van der Waals surface area (Å²) in [6, 6.07) is 60.3. The molecule has 0 spiro atoms. The summed E-state index contributed by atoms with van der Waals surface area (Å²) in [6.07, 6.45) is 0. The lowest BCUT2D eigenvalue weighted by molar-refractivity contribution is 0.670. The minimum absolute atomic E-state index is 0.894. The van der Waals surface area contributed by atoms with Crippen molar-refractivity contribution in [3.05, 3.63) is 170 Å². The first-order valence-electron chi connectivity index (χ1n) is 14.7. The van der Waals surface area contributed by atoms with Crippen molar-refractivity contribution in [1.29, 1.82) is 0 Å². The molecule has 0 atom stereocenters. The van der Waals surface area contributed by atoms with Crippen LogP contribution in [0.2, 0.25) is 0 Å². The summed E-state index contributed by atoms with van der Waals surface area (Å²) in [5, 5.41) is 2.27. The van der Waals surface area contributed by atoms with Gasteiger partial charge < -0.3 is 4.42 Å². The van der Waals surface area contributed by atoms with Crippen LogP contribution >= 0.6 is 0 Å². The van der Waals surface area contributed by atoms with Gasteiger partial charge >= 0.3 is 0 Å². The lowest BCUT2D eigenvalue weighted by Gasteiger charge is -2.12. The monoisotopic (exact) mass is 548 g/mol. The maximum absolute atomic E-state index is 6.68. The summed E-state index contributed by atoms with van der Waals surface area (Å²) in [5.74, 6) is 0. The van der Waals surface area contributed by atoms with Crippen LogP contribution in [0.15, 0.2) is 174 Å². The Bertz CT molecular complexity index is 2150. The molecule has 202 valence electrons. The normalized spacial score (nSPS) is 11.3. The van der Waals surface area contributed by atoms with Crippen molar-refractivity contribution in [2.24, 2.45) is 0 Å². The zero-order chi connectivity index (χ0) is 28.6. The van der Waals surface area contributed by atoms with Gasteiger partial charge in [0.1, 0.15) is 11.2 Å². The Morgan fingerprint density at radius 2 is 0.767 bits per heavy atom. The molecule has 8 aromatic rings. The third-order valence-corrected chi connectivity index (χ3v) is 8.26. The highest BCUT2D eigenvalue weighted by atomic mass is 16.3. The molecule has 7 aromatic carbocycles. The van der Waals surface area contributed by atoms with Gasteiger partial charge in [-0.3, -0.25) is 0 Å². The molecule has 0 aliphatic heterocycles. The van der Waals surface area contributed by atoms with Crippen molar-refractivity contribution >= 4 is 21.9 Å². The predicted octanol–water partition coefficient (Wildman–Crippen LogP) is 11.9. The molecule has 1 heterocycles. The highest BCUT2D eigenvalue weighted by Gasteiger charge is 2.17. The van der Waals surface area contributed by atoms with Gasteiger partial charge in [0.05, 0.1) is 0 Å². The number of furan rings is 1. The Kier molecular flexibility index (Phi) is 6.20. The first-order valence-corrected chi connectivity index (χ1v) is 14.7. The molecule has 0 aliphatic carbocycles. The van der Waals surface area contributed by atoms with Crippen molar-refractivity contribution in [2.45, 2.75) is 0 Å². The minimum atomic E-state index is 0.894. The van der Waals surface area contributed by atoms with Crippen LogP contribution in [0.3, 0.4) is 0 Å². The molecule has 0 radical (unpaired) electrons. The topological polar surface area (TPSA) is 13.1 Å². The van der Waals surface area contributed by atoms with Crippen LogP contribution in [0, 0.1) is 0 Å². The summed E-state index contributed by atoms with van der Waals surface area (Å²) in [7, 11) is 0. The van der Waals surface area contributed by atoms with E-state index >= 15 is 0 Å². The van der Waals surface area contributed by atoms with E-state index in [-0.39, 0.29) is 0 Å². The zero-order valence-corrected chi connectivity index (χ0v) is 23.6. The fourth-order valence-electron chi connectivity index (χ4n) is 6.19. The fraction of sp³-hybridized carbons (Fsp3) is 0. The van der Waals surface area contributed by atoms with Crippen molar-refractivity contribution in [3.8, 4) is 55.6 Å². The number of benzene rings is 7. The lowest BCUT2D eigenvalue weighted by Crippen LogP contribution is -1.87. The van der Waals surface area contributed by atoms with Gasteiger partial charge in [-0.2, -0.15) is 0 Å². The zero-order valence-electron chi connectivity index (χ0n) is 23.6. The minimum Gasteiger partial charge on any atom is -0.455 e. The summed E-state index contributed by atoms with van der Waals surface area (Å²) >= 11 is 0. The van der Waals surface area contributed by atoms with Crippen LogP contribution in [0.1, 0.15) is 0 Å². The number of hydrogen-bond donors (Lipinski definition) is 0. The molecular weight excluding hydrogens is 520 g/mol. The maximum Gasteiger partial charge on any atom is 0.143 e. The van der Waals surface area contributed by atoms with Crippen molar-refractivity contribution in [2.75, 3.05) is 0 Å². The Balaban J connectivity index is 1.33. The van der Waals surface area contributed by atoms with Crippen molar-refractivity contribution < 1.29 is 4.42 Å². The van der Waals surface area contributed by atoms with Gasteiger partial charge in [-0.15, -0.1) is 0 Å². The summed E-state index contributed by atoms with van der Waals surface area (Å²) < 4.78 is 6.68. The second-order valence-corrected chi connectivity index (χ2v) is 10.9. The van der Waals surface area contributed by atoms with Gasteiger partial charge in [-0.05, 0) is 80.4 Å². The van der Waals surface area contributed by atoms with Crippen molar-refractivity contribution in [3.63, 3.8) is 0 Å². The highest BCUT2D eigenvalue weighted by molar-refractivity contribution is 6.15. The summed E-state index contributed by atoms with van der Waals surface area (Å²) in [4.78, 5) is 0. The largest absolute Gasteiger partial charge is 0.455 e. The van der Waals surface area contributed by atoms with E-state index in [1.54, 1.807) is 0 Å². The van der Waals surface area contributed by atoms with Crippen LogP contribution < -0.4 is 0 Å². The Morgan fingerprint density at radius 3 is 1.42 bits per heavy atom. The van der Waals surface area contributed by atoms with Gasteiger partial charge in [0, 0.05) is 16.3 Å². The van der Waals surface area contributed by atoms with Gasteiger partial charge in [0.25, 0.3) is 0 Å². The van der Waals surface area contributed by atoms with E-state index < -0.39 is 0 Å². The summed E-state index contributed by atoms with van der Waals surface area (Å²) in [5.41, 5.74) is 13.6. The molecular formula is C42H28O. The van der Waals surface area contributed by atoms with E-state index in [0.717, 1.165) is 33.1 Å². The molecule has 43 heavy (non-hydrogen) atoms. The number of hydrogen-bond acceptors (Lipinski definition) is 1. The van der Waals surface area contributed by atoms with Crippen LogP contribution in [0.25, 0.3) is 77.6 Å². The fourth-order valence-corrected chi connectivity index (χ4v) is 6.19. The smallest absolute Gasteiger partial charge is 0.143 e. The summed E-state index contributed by atoms with van der Waals surface area (Å²) in [6.45, 7) is 0. The molecule has 0 fully saturated rings. The van der Waals surface area contributed by atoms with E-state index in [4.69, 9.17) is 4.42 Å². The van der Waals surface area contributed by atoms with Crippen molar-refractivity contribution in [1.82, 2.24) is 0 Å². The Labute approximate surface area is 251 Å². The van der Waals surface area contributed by atoms with E-state index in [0.29, 0.717) is 0 Å². The number of rotatable bonds is 5. The first kappa shape index (κ1) is 25.1. The highest BCUT2D eigenvalue weighted by Crippen LogP contribution is 2.42. The van der Waals surface area contributed by atoms with Gasteiger partial charge in [-0.1, -0.05) is 140 Å². The van der Waals surface area contributed by atoms with Crippen LogP contribution in [0.5, 0.6) is 0 Å².